The van der Waals surface area contributed by atoms with Gasteiger partial charge < -0.3 is 72.7 Å². The number of hydrogen-bond acceptors (Lipinski definition) is 14. The lowest BCUT2D eigenvalue weighted by atomic mass is 9.92. The molecule has 60 heavy (non-hydrogen) atoms. The maximum atomic E-state index is 14.3. The zero-order chi connectivity index (χ0) is 44.0. The molecule has 3 aliphatic rings. The van der Waals surface area contributed by atoms with Crippen molar-refractivity contribution < 1.29 is 63.5 Å². The number of carbonyl (C=O) groups excluding carboxylic acids is 8. The number of amides is 8. The molecule has 10 atom stereocenters. The van der Waals surface area contributed by atoms with Crippen LogP contribution in [0.4, 0.5) is 0 Å². The Hall–Kier alpha value is -6.04. The molecule has 1 aromatic carbocycles. The minimum absolute atomic E-state index is 0.0987. The molecule has 3 aliphatic heterocycles. The molecule has 23 nitrogen and oxygen atoms in total. The smallest absolute Gasteiger partial charge is 0.247 e. The number of aromatic amines is 1. The fourth-order valence-corrected chi connectivity index (χ4v) is 7.13. The van der Waals surface area contributed by atoms with Crippen LogP contribution >= 0.6 is 0 Å². The molecule has 0 saturated carbocycles. The molecule has 2 unspecified atom stereocenters. The number of nitrogens with two attached hydrogens (primary N) is 1. The maximum absolute atomic E-state index is 14.3. The second-order valence-electron chi connectivity index (χ2n) is 15.2. The fraction of sp³-hybridized carbons (Fsp3) is 0.568. The summed E-state index contributed by atoms with van der Waals surface area (Å²) in [6.07, 6.45) is -4.98. The van der Waals surface area contributed by atoms with E-state index in [1.165, 1.54) is 25.1 Å². The van der Waals surface area contributed by atoms with Crippen LogP contribution in [-0.2, 0) is 44.8 Å². The van der Waals surface area contributed by atoms with Crippen LogP contribution in [-0.4, -0.2) is 159 Å². The number of ether oxygens (including phenoxy) is 1. The number of nitrogens with zero attached hydrogens (tertiary/aromatic N) is 1. The van der Waals surface area contributed by atoms with Gasteiger partial charge in [-0.2, -0.15) is 0 Å². The van der Waals surface area contributed by atoms with Crippen LogP contribution in [0.25, 0.3) is 10.9 Å². The second kappa shape index (κ2) is 19.4. The molecule has 1 fully saturated rings. The van der Waals surface area contributed by atoms with E-state index in [9.17, 15) is 58.8 Å². The van der Waals surface area contributed by atoms with E-state index in [0.29, 0.717) is 11.8 Å². The number of aromatic nitrogens is 1. The number of hydrogen-bond donors (Lipinski definition) is 13. The van der Waals surface area contributed by atoms with Gasteiger partial charge in [-0.3, -0.25) is 43.7 Å². The van der Waals surface area contributed by atoms with Gasteiger partial charge in [-0.15, -0.1) is 0 Å². The zero-order valence-corrected chi connectivity index (χ0v) is 33.2. The van der Waals surface area contributed by atoms with Crippen molar-refractivity contribution in [2.75, 3.05) is 32.8 Å². The molecular weight excluding hydrogens is 792 g/mol. The van der Waals surface area contributed by atoms with Crippen molar-refractivity contribution in [3.05, 3.63) is 23.8 Å². The first kappa shape index (κ1) is 45.1. The predicted molar refractivity (Wildman–Crippen MR) is 207 cm³/mol. The second-order valence-corrected chi connectivity index (χ2v) is 15.2. The molecule has 4 heterocycles. The topological polar surface area (TPSA) is 356 Å². The van der Waals surface area contributed by atoms with Gasteiger partial charge in [-0.1, -0.05) is 27.2 Å². The minimum atomic E-state index is -1.68. The molecule has 0 radical (unpaired) electrons. The van der Waals surface area contributed by atoms with Crippen LogP contribution in [0, 0.1) is 11.8 Å². The molecule has 2 aromatic rings. The summed E-state index contributed by atoms with van der Waals surface area (Å²) in [6.45, 7) is 1.63. The van der Waals surface area contributed by atoms with Gasteiger partial charge in [0.25, 0.3) is 0 Å². The number of phenols is 1. The van der Waals surface area contributed by atoms with Gasteiger partial charge in [0, 0.05) is 29.4 Å². The lowest BCUT2D eigenvalue weighted by Gasteiger charge is -2.48. The molecular formula is C37H52N10O13. The molecule has 1 saturated heterocycles. The summed E-state index contributed by atoms with van der Waals surface area (Å²) in [5.41, 5.74) is 5.96. The average Bonchev–Trinajstić information content (AvgIpc) is 3.54. The van der Waals surface area contributed by atoms with E-state index < -0.39 is 140 Å². The number of H-pyrrole nitrogens is 1. The summed E-state index contributed by atoms with van der Waals surface area (Å²) in [5.74, 6) is -9.22. The van der Waals surface area contributed by atoms with E-state index in [1.54, 1.807) is 13.8 Å². The van der Waals surface area contributed by atoms with E-state index in [1.807, 2.05) is 0 Å². The average molecular weight is 845 g/mol. The Labute approximate surface area is 342 Å². The highest BCUT2D eigenvalue weighted by atomic mass is 16.5. The third-order valence-electron chi connectivity index (χ3n) is 10.9. The summed E-state index contributed by atoms with van der Waals surface area (Å²) < 4.78 is 6.08. The van der Waals surface area contributed by atoms with E-state index in [4.69, 9.17) is 10.5 Å². The molecule has 14 N–H and O–H groups in total. The number of aromatic hydroxyl groups is 1. The highest BCUT2D eigenvalue weighted by molar-refractivity contribution is 5.97. The van der Waals surface area contributed by atoms with Crippen molar-refractivity contribution in [2.45, 2.75) is 88.6 Å². The number of primary amides is 1. The van der Waals surface area contributed by atoms with Crippen molar-refractivity contribution in [2.24, 2.45) is 17.6 Å². The normalized spacial score (nSPS) is 27.9. The van der Waals surface area contributed by atoms with Gasteiger partial charge in [0.05, 0.1) is 50.3 Å². The highest BCUT2D eigenvalue weighted by Gasteiger charge is 2.47. The zero-order valence-electron chi connectivity index (χ0n) is 33.2. The Morgan fingerprint density at radius 1 is 0.917 bits per heavy atom. The first-order valence-electron chi connectivity index (χ1n) is 19.4. The number of nitrogens with one attached hydrogen (secondary N) is 8. The van der Waals surface area contributed by atoms with Gasteiger partial charge in [0.15, 0.2) is 5.88 Å². The van der Waals surface area contributed by atoms with E-state index >= 15 is 0 Å². The van der Waals surface area contributed by atoms with Gasteiger partial charge >= 0.3 is 0 Å². The molecule has 328 valence electrons. The van der Waals surface area contributed by atoms with E-state index in [-0.39, 0.29) is 35.7 Å². The summed E-state index contributed by atoms with van der Waals surface area (Å²) in [7, 11) is 0. The summed E-state index contributed by atoms with van der Waals surface area (Å²) in [5, 5.41) is 59.9. The van der Waals surface area contributed by atoms with Crippen molar-refractivity contribution in [1.82, 2.24) is 47.1 Å². The lowest BCUT2D eigenvalue weighted by Crippen LogP contribution is -2.74. The third-order valence-corrected chi connectivity index (χ3v) is 10.9. The quantitative estimate of drug-likeness (QED) is 0.124. The first-order valence-corrected chi connectivity index (χ1v) is 19.4. The minimum Gasteiger partial charge on any atom is -0.508 e. The Morgan fingerprint density at radius 3 is 2.25 bits per heavy atom. The number of aliphatic hydroxyl groups excluding tert-OH is 3. The molecule has 0 aliphatic carbocycles. The van der Waals surface area contributed by atoms with Crippen molar-refractivity contribution in [1.29, 1.82) is 0 Å². The van der Waals surface area contributed by atoms with Crippen molar-refractivity contribution >= 4 is 58.2 Å². The van der Waals surface area contributed by atoms with Crippen LogP contribution in [0.5, 0.6) is 11.6 Å². The summed E-state index contributed by atoms with van der Waals surface area (Å²) in [4.78, 5) is 113. The Bertz CT molecular complexity index is 1990. The standard InChI is InChI=1S/C37H52N10O13/c1-4-15(2)29-34(57)40-10-27(53)41-23-14-60-36-19(18-6-5-17(49)7-20(18)44-36)8-21(32(55)39-11-28(54)45-29)42-35(58)30(16(3)25(51)13-48)46-31-24(50)12-47(31)37(59)22(9-26(38)52)43-33(23)56/h5-7,15-16,21-25,29-31,44,46,48-51H,4,8-14H2,1-3H3,(H2,38,52)(H,39,55)(H,40,57)(H,41,53)(H,42,58)(H,43,56)(H,45,54)/t15-,16-,21+,22-,23-,24-,25-,29?,30-,31?/m0/s1. The third kappa shape index (κ3) is 10.4. The van der Waals surface area contributed by atoms with E-state index in [0.717, 1.165) is 4.90 Å². The van der Waals surface area contributed by atoms with Crippen LogP contribution in [0.1, 0.15) is 39.2 Å². The molecule has 2 bridgehead atoms. The number of fused-ring (bicyclic) bond motifs is 5. The van der Waals surface area contributed by atoms with E-state index in [2.05, 4.69) is 42.2 Å². The number of aliphatic hydroxyl groups is 3. The van der Waals surface area contributed by atoms with Crippen LogP contribution in [0.15, 0.2) is 18.2 Å². The summed E-state index contributed by atoms with van der Waals surface area (Å²) in [6, 6.07) is -3.45. The van der Waals surface area contributed by atoms with Crippen LogP contribution in [0.3, 0.4) is 0 Å². The molecule has 23 heteroatoms. The van der Waals surface area contributed by atoms with Crippen LogP contribution in [0.2, 0.25) is 0 Å². The molecule has 5 rings (SSSR count). The molecule has 0 spiro atoms. The van der Waals surface area contributed by atoms with Gasteiger partial charge in [-0.25, -0.2) is 0 Å². The Morgan fingerprint density at radius 2 is 1.60 bits per heavy atom. The SMILES string of the molecule is CC[C@H](C)C1NC(=O)CNC(=O)[C@H]2Cc3c([nH]c4cc(O)ccc34)OC[C@H](NC(=O)CNC1=O)C(=O)N[C@@H](CC(N)=O)C(=O)N1C[C@H](O)C1N[C@@H]([C@@H](C)[C@@H](O)CO)C(=O)N2. The lowest BCUT2D eigenvalue weighted by molar-refractivity contribution is -0.160. The largest absolute Gasteiger partial charge is 0.508 e. The van der Waals surface area contributed by atoms with Gasteiger partial charge in [-0.05, 0) is 18.1 Å². The maximum Gasteiger partial charge on any atom is 0.247 e. The Balaban J connectivity index is 1.68. The fourth-order valence-electron chi connectivity index (χ4n) is 7.13. The summed E-state index contributed by atoms with van der Waals surface area (Å²) >= 11 is 0. The predicted octanol–water partition coefficient (Wildman–Crippen LogP) is -5.61. The van der Waals surface area contributed by atoms with Crippen molar-refractivity contribution in [3.63, 3.8) is 0 Å². The number of phenolic OH excluding ortho intramolecular Hbond substituents is 1. The molecule has 8 amide bonds. The first-order chi connectivity index (χ1) is 28.4. The Kier molecular flexibility index (Phi) is 14.5. The van der Waals surface area contributed by atoms with Crippen LogP contribution < -0.4 is 47.7 Å². The highest BCUT2D eigenvalue weighted by Crippen LogP contribution is 2.32. The molecule has 1 aromatic heterocycles. The monoisotopic (exact) mass is 844 g/mol. The van der Waals surface area contributed by atoms with Crippen molar-refractivity contribution in [3.8, 4) is 11.6 Å². The number of rotatable bonds is 7. The number of benzene rings is 1. The van der Waals surface area contributed by atoms with Gasteiger partial charge in [0.2, 0.25) is 47.3 Å². The van der Waals surface area contributed by atoms with Gasteiger partial charge in [0.1, 0.15) is 48.8 Å². The number of carbonyl (C=O) groups is 8.